The predicted molar refractivity (Wildman–Crippen MR) is 92.2 cm³/mol. The van der Waals surface area contributed by atoms with Crippen molar-refractivity contribution in [1.29, 1.82) is 0 Å². The van der Waals surface area contributed by atoms with Crippen molar-refractivity contribution in [3.05, 3.63) is 48.3 Å². The molecular weight excluding hydrogens is 306 g/mol. The summed E-state index contributed by atoms with van der Waals surface area (Å²) in [5.41, 5.74) is 1.95. The number of nitrogens with one attached hydrogen (secondary N) is 1. The normalized spacial score (nSPS) is 12.1. The molecule has 0 radical (unpaired) electrons. The highest BCUT2D eigenvalue weighted by Crippen LogP contribution is 2.07. The fraction of sp³-hybridized carbons (Fsp3) is 0.444. The Morgan fingerprint density at radius 2 is 2.04 bits per heavy atom. The van der Waals surface area contributed by atoms with Gasteiger partial charge in [-0.25, -0.2) is 4.68 Å². The second-order valence-electron chi connectivity index (χ2n) is 5.34. The standard InChI is InChI=1S/C18H25N3O3/c1-3-23-13-14-24-15(2)18(22)19-11-9-16-10-12-21(20-16)17-7-5-4-6-8-17/h4-8,10,12,15H,3,9,11,13-14H2,1-2H3,(H,19,22)/t15-/m0/s1. The minimum absolute atomic E-state index is 0.117. The summed E-state index contributed by atoms with van der Waals surface area (Å²) in [6.45, 7) is 5.78. The average Bonchev–Trinajstić information content (AvgIpc) is 3.08. The van der Waals surface area contributed by atoms with Crippen LogP contribution in [0.2, 0.25) is 0 Å². The maximum Gasteiger partial charge on any atom is 0.248 e. The Balaban J connectivity index is 1.70. The Hall–Kier alpha value is -2.18. The summed E-state index contributed by atoms with van der Waals surface area (Å²) >= 11 is 0. The Morgan fingerprint density at radius 1 is 1.25 bits per heavy atom. The largest absolute Gasteiger partial charge is 0.379 e. The van der Waals surface area contributed by atoms with Crippen LogP contribution in [-0.4, -0.2) is 48.2 Å². The minimum Gasteiger partial charge on any atom is -0.379 e. The van der Waals surface area contributed by atoms with Gasteiger partial charge in [0.25, 0.3) is 0 Å². The molecule has 6 nitrogen and oxygen atoms in total. The van der Waals surface area contributed by atoms with E-state index in [1.165, 1.54) is 0 Å². The van der Waals surface area contributed by atoms with Crippen LogP contribution < -0.4 is 5.32 Å². The van der Waals surface area contributed by atoms with Crippen molar-refractivity contribution >= 4 is 5.91 Å². The zero-order valence-corrected chi connectivity index (χ0v) is 14.3. The molecule has 0 aliphatic carbocycles. The maximum atomic E-state index is 11.9. The number of nitrogens with zero attached hydrogens (tertiary/aromatic N) is 2. The van der Waals surface area contributed by atoms with Gasteiger partial charge >= 0.3 is 0 Å². The third-order valence-corrected chi connectivity index (χ3v) is 3.51. The third-order valence-electron chi connectivity index (χ3n) is 3.51. The van der Waals surface area contributed by atoms with Crippen molar-refractivity contribution in [3.63, 3.8) is 0 Å². The molecule has 0 bridgehead atoms. The average molecular weight is 331 g/mol. The van der Waals surface area contributed by atoms with Gasteiger partial charge in [-0.1, -0.05) is 18.2 Å². The summed E-state index contributed by atoms with van der Waals surface area (Å²) in [6.07, 6.45) is 2.12. The molecule has 1 atom stereocenters. The molecule has 0 unspecified atom stereocenters. The molecule has 0 aliphatic rings. The van der Waals surface area contributed by atoms with Gasteiger partial charge in [0.1, 0.15) is 6.10 Å². The second kappa shape index (κ2) is 9.85. The van der Waals surface area contributed by atoms with Crippen LogP contribution in [0, 0.1) is 0 Å². The number of amides is 1. The molecule has 6 heteroatoms. The smallest absolute Gasteiger partial charge is 0.248 e. The second-order valence-corrected chi connectivity index (χ2v) is 5.34. The summed E-state index contributed by atoms with van der Waals surface area (Å²) in [6, 6.07) is 11.9. The van der Waals surface area contributed by atoms with Gasteiger partial charge in [0, 0.05) is 25.8 Å². The summed E-state index contributed by atoms with van der Waals surface area (Å²) in [5.74, 6) is -0.117. The van der Waals surface area contributed by atoms with E-state index < -0.39 is 6.10 Å². The van der Waals surface area contributed by atoms with Crippen LogP contribution >= 0.6 is 0 Å². The number of carbonyl (C=O) groups is 1. The van der Waals surface area contributed by atoms with Crippen LogP contribution in [0.4, 0.5) is 0 Å². The maximum absolute atomic E-state index is 11.9. The molecule has 1 heterocycles. The fourth-order valence-electron chi connectivity index (χ4n) is 2.18. The van der Waals surface area contributed by atoms with E-state index in [4.69, 9.17) is 9.47 Å². The van der Waals surface area contributed by atoms with Gasteiger partial charge in [-0.2, -0.15) is 5.10 Å². The number of benzene rings is 1. The number of rotatable bonds is 10. The van der Waals surface area contributed by atoms with Gasteiger partial charge < -0.3 is 14.8 Å². The number of ether oxygens (including phenoxy) is 2. The summed E-state index contributed by atoms with van der Waals surface area (Å²) in [7, 11) is 0. The van der Waals surface area contributed by atoms with E-state index in [0.29, 0.717) is 32.8 Å². The molecule has 0 spiro atoms. The van der Waals surface area contributed by atoms with Gasteiger partial charge in [0.2, 0.25) is 5.91 Å². The van der Waals surface area contributed by atoms with Gasteiger partial charge in [-0.05, 0) is 32.0 Å². The molecule has 130 valence electrons. The number of para-hydroxylation sites is 1. The zero-order valence-electron chi connectivity index (χ0n) is 14.3. The molecule has 0 aliphatic heterocycles. The lowest BCUT2D eigenvalue weighted by Crippen LogP contribution is -2.36. The van der Waals surface area contributed by atoms with Gasteiger partial charge in [0.05, 0.1) is 24.6 Å². The van der Waals surface area contributed by atoms with E-state index in [-0.39, 0.29) is 5.91 Å². The van der Waals surface area contributed by atoms with Crippen LogP contribution in [0.25, 0.3) is 5.69 Å². The highest BCUT2D eigenvalue weighted by molar-refractivity contribution is 5.80. The van der Waals surface area contributed by atoms with E-state index in [9.17, 15) is 4.79 Å². The molecule has 24 heavy (non-hydrogen) atoms. The summed E-state index contributed by atoms with van der Waals surface area (Å²) < 4.78 is 12.4. The number of aromatic nitrogens is 2. The lowest BCUT2D eigenvalue weighted by molar-refractivity contribution is -0.132. The fourth-order valence-corrected chi connectivity index (χ4v) is 2.18. The van der Waals surface area contributed by atoms with E-state index in [2.05, 4.69) is 10.4 Å². The highest BCUT2D eigenvalue weighted by Gasteiger charge is 2.12. The Morgan fingerprint density at radius 3 is 2.79 bits per heavy atom. The van der Waals surface area contributed by atoms with Crippen molar-refractivity contribution in [2.75, 3.05) is 26.4 Å². The quantitative estimate of drug-likeness (QED) is 0.676. The van der Waals surface area contributed by atoms with E-state index >= 15 is 0 Å². The first-order chi connectivity index (χ1) is 11.7. The van der Waals surface area contributed by atoms with Gasteiger partial charge in [-0.15, -0.1) is 0 Å². The molecule has 0 saturated carbocycles. The first kappa shape index (κ1) is 18.2. The third kappa shape index (κ3) is 5.79. The van der Waals surface area contributed by atoms with Crippen LogP contribution in [0.5, 0.6) is 0 Å². The molecule has 2 aromatic rings. The van der Waals surface area contributed by atoms with Crippen LogP contribution in [0.1, 0.15) is 19.5 Å². The Kier molecular flexibility index (Phi) is 7.45. The van der Waals surface area contributed by atoms with Gasteiger partial charge in [0.15, 0.2) is 0 Å². The monoisotopic (exact) mass is 331 g/mol. The number of hydrogen-bond donors (Lipinski definition) is 1. The summed E-state index contributed by atoms with van der Waals surface area (Å²) in [4.78, 5) is 11.9. The van der Waals surface area contributed by atoms with E-state index in [0.717, 1.165) is 11.4 Å². The molecule has 1 aromatic carbocycles. The molecular formula is C18H25N3O3. The molecule has 0 fully saturated rings. The minimum atomic E-state index is -0.479. The van der Waals surface area contributed by atoms with E-state index in [1.807, 2.05) is 54.2 Å². The number of carbonyl (C=O) groups excluding carboxylic acids is 1. The first-order valence-electron chi connectivity index (χ1n) is 8.27. The number of hydrogen-bond acceptors (Lipinski definition) is 4. The topological polar surface area (TPSA) is 65.4 Å². The van der Waals surface area contributed by atoms with Crippen LogP contribution in [0.15, 0.2) is 42.6 Å². The first-order valence-corrected chi connectivity index (χ1v) is 8.27. The lowest BCUT2D eigenvalue weighted by atomic mass is 10.3. The van der Waals surface area contributed by atoms with Crippen LogP contribution in [0.3, 0.4) is 0 Å². The van der Waals surface area contributed by atoms with Crippen molar-refractivity contribution < 1.29 is 14.3 Å². The zero-order chi connectivity index (χ0) is 17.2. The van der Waals surface area contributed by atoms with Crippen LogP contribution in [-0.2, 0) is 20.7 Å². The molecule has 1 amide bonds. The highest BCUT2D eigenvalue weighted by atomic mass is 16.5. The van der Waals surface area contributed by atoms with Crippen molar-refractivity contribution in [2.24, 2.45) is 0 Å². The Bertz CT molecular complexity index is 613. The summed E-state index contributed by atoms with van der Waals surface area (Å²) in [5, 5.41) is 7.38. The van der Waals surface area contributed by atoms with Crippen molar-refractivity contribution in [1.82, 2.24) is 15.1 Å². The molecule has 2 rings (SSSR count). The molecule has 0 saturated heterocycles. The molecule has 1 aromatic heterocycles. The van der Waals surface area contributed by atoms with Crippen molar-refractivity contribution in [2.45, 2.75) is 26.4 Å². The van der Waals surface area contributed by atoms with E-state index in [1.54, 1.807) is 6.92 Å². The van der Waals surface area contributed by atoms with Crippen molar-refractivity contribution in [3.8, 4) is 5.69 Å². The Labute approximate surface area is 142 Å². The van der Waals surface area contributed by atoms with Gasteiger partial charge in [-0.3, -0.25) is 4.79 Å². The predicted octanol–water partition coefficient (Wildman–Crippen LogP) is 1.97. The molecule has 1 N–H and O–H groups in total. The SMILES string of the molecule is CCOCCO[C@@H](C)C(=O)NCCc1ccn(-c2ccccc2)n1. The lowest BCUT2D eigenvalue weighted by Gasteiger charge is -2.13.